The lowest BCUT2D eigenvalue weighted by atomic mass is 9.68. The highest BCUT2D eigenvalue weighted by Gasteiger charge is 2.40. The molecule has 0 radical (unpaired) electrons. The van der Waals surface area contributed by atoms with Gasteiger partial charge in [-0.2, -0.15) is 0 Å². The first-order valence-corrected chi connectivity index (χ1v) is 8.53. The maximum absolute atomic E-state index is 5.89. The topological polar surface area (TPSA) is 35.2 Å². The predicted octanol–water partition coefficient (Wildman–Crippen LogP) is 5.49. The molecule has 1 aliphatic heterocycles. The summed E-state index contributed by atoms with van der Waals surface area (Å²) in [4.78, 5) is 0. The Morgan fingerprint density at radius 1 is 1.24 bits per heavy atom. The molecule has 1 fully saturated rings. The maximum atomic E-state index is 5.89. The van der Waals surface area contributed by atoms with Crippen LogP contribution in [0.4, 0.5) is 0 Å². The van der Waals surface area contributed by atoms with Crippen molar-refractivity contribution in [2.75, 3.05) is 13.2 Å². The van der Waals surface area contributed by atoms with E-state index in [4.69, 9.17) is 10.5 Å². The van der Waals surface area contributed by atoms with Gasteiger partial charge in [0.15, 0.2) is 0 Å². The molecule has 1 rings (SSSR count). The SMILES string of the molecule is C/C=C\C.C=CCC1(CCN)CCOC(C)(CC)C1.CC. The van der Waals surface area contributed by atoms with E-state index in [1.165, 1.54) is 0 Å². The zero-order chi connectivity index (χ0) is 16.8. The average Bonchev–Trinajstić information content (AvgIpc) is 2.50. The van der Waals surface area contributed by atoms with Gasteiger partial charge in [0.25, 0.3) is 0 Å². The van der Waals surface area contributed by atoms with Crippen molar-refractivity contribution in [2.45, 2.75) is 79.2 Å². The number of ether oxygens (including phenoxy) is 1. The van der Waals surface area contributed by atoms with Crippen LogP contribution in [0.1, 0.15) is 73.6 Å². The van der Waals surface area contributed by atoms with Crippen molar-refractivity contribution in [1.29, 1.82) is 0 Å². The Morgan fingerprint density at radius 3 is 2.19 bits per heavy atom. The molecule has 0 bridgehead atoms. The molecule has 0 saturated carbocycles. The predicted molar refractivity (Wildman–Crippen MR) is 96.6 cm³/mol. The Labute approximate surface area is 133 Å². The third-order valence-corrected chi connectivity index (χ3v) is 4.17. The summed E-state index contributed by atoms with van der Waals surface area (Å²) < 4.78 is 5.89. The highest BCUT2D eigenvalue weighted by Crippen LogP contribution is 2.45. The van der Waals surface area contributed by atoms with Crippen LogP contribution in [-0.4, -0.2) is 18.8 Å². The molecular formula is C19H39NO. The molecule has 2 unspecified atom stereocenters. The fourth-order valence-electron chi connectivity index (χ4n) is 2.78. The lowest BCUT2D eigenvalue weighted by molar-refractivity contribution is -0.118. The summed E-state index contributed by atoms with van der Waals surface area (Å²) in [5.41, 5.74) is 6.13. The van der Waals surface area contributed by atoms with E-state index in [9.17, 15) is 0 Å². The smallest absolute Gasteiger partial charge is 0.0657 e. The first kappa shape index (κ1) is 22.7. The van der Waals surface area contributed by atoms with Crippen molar-refractivity contribution >= 4 is 0 Å². The highest BCUT2D eigenvalue weighted by molar-refractivity contribution is 4.95. The first-order chi connectivity index (χ1) is 10.0. The van der Waals surface area contributed by atoms with Gasteiger partial charge in [0.1, 0.15) is 0 Å². The Bertz CT molecular complexity index is 267. The number of rotatable bonds is 5. The van der Waals surface area contributed by atoms with E-state index in [2.05, 4.69) is 20.4 Å². The van der Waals surface area contributed by atoms with Gasteiger partial charge < -0.3 is 10.5 Å². The second kappa shape index (κ2) is 13.1. The molecule has 2 atom stereocenters. The molecule has 2 nitrogen and oxygen atoms in total. The molecule has 2 N–H and O–H groups in total. The molecule has 0 aromatic heterocycles. The summed E-state index contributed by atoms with van der Waals surface area (Å²) in [5, 5.41) is 0. The van der Waals surface area contributed by atoms with Crippen molar-refractivity contribution in [3.05, 3.63) is 24.8 Å². The van der Waals surface area contributed by atoms with Crippen LogP contribution in [0.15, 0.2) is 24.8 Å². The quantitative estimate of drug-likeness (QED) is 0.681. The standard InChI is InChI=1S/C13H25NO.C4H8.C2H6/c1-4-6-13(7-9-14)8-10-15-12(3,5-2)11-13;1-3-4-2;1-2/h4H,1,5-11,14H2,2-3H3;3-4H,1-2H3;1-2H3/b;4-3-;. The van der Waals surface area contributed by atoms with Crippen molar-refractivity contribution < 1.29 is 4.74 Å². The van der Waals surface area contributed by atoms with Crippen LogP contribution in [0.5, 0.6) is 0 Å². The van der Waals surface area contributed by atoms with E-state index in [-0.39, 0.29) is 5.60 Å². The largest absolute Gasteiger partial charge is 0.375 e. The van der Waals surface area contributed by atoms with Gasteiger partial charge >= 0.3 is 0 Å². The fourth-order valence-corrected chi connectivity index (χ4v) is 2.78. The van der Waals surface area contributed by atoms with E-state index >= 15 is 0 Å². The third kappa shape index (κ3) is 9.10. The average molecular weight is 298 g/mol. The van der Waals surface area contributed by atoms with E-state index in [0.717, 1.165) is 45.3 Å². The van der Waals surface area contributed by atoms with Crippen LogP contribution < -0.4 is 5.73 Å². The molecule has 1 heterocycles. The Kier molecular flexibility index (Phi) is 14.1. The van der Waals surface area contributed by atoms with Gasteiger partial charge in [-0.05, 0) is 64.8 Å². The van der Waals surface area contributed by atoms with Gasteiger partial charge in [-0.1, -0.05) is 39.0 Å². The molecule has 0 aromatic rings. The van der Waals surface area contributed by atoms with Gasteiger partial charge in [-0.25, -0.2) is 0 Å². The van der Waals surface area contributed by atoms with Crippen molar-refractivity contribution in [1.82, 2.24) is 0 Å². The Hall–Kier alpha value is -0.600. The first-order valence-electron chi connectivity index (χ1n) is 8.53. The number of nitrogens with two attached hydrogens (primary N) is 1. The van der Waals surface area contributed by atoms with E-state index in [1.54, 1.807) is 0 Å². The van der Waals surface area contributed by atoms with Crippen LogP contribution >= 0.6 is 0 Å². The molecule has 0 amide bonds. The third-order valence-electron chi connectivity index (χ3n) is 4.17. The van der Waals surface area contributed by atoms with Crippen molar-refractivity contribution in [2.24, 2.45) is 11.1 Å². The molecule has 1 aliphatic rings. The maximum Gasteiger partial charge on any atom is 0.0657 e. The van der Waals surface area contributed by atoms with Crippen LogP contribution in [0.3, 0.4) is 0 Å². The van der Waals surface area contributed by atoms with Gasteiger partial charge in [-0.3, -0.25) is 0 Å². The minimum absolute atomic E-state index is 0.0520. The zero-order valence-electron chi connectivity index (χ0n) is 15.4. The normalized spacial score (nSPS) is 28.1. The van der Waals surface area contributed by atoms with E-state index in [0.29, 0.717) is 5.41 Å². The Morgan fingerprint density at radius 2 is 1.81 bits per heavy atom. The lowest BCUT2D eigenvalue weighted by Gasteiger charge is -2.46. The molecular weight excluding hydrogens is 258 g/mol. The summed E-state index contributed by atoms with van der Waals surface area (Å²) in [7, 11) is 0. The molecule has 126 valence electrons. The molecule has 0 aromatic carbocycles. The summed E-state index contributed by atoms with van der Waals surface area (Å²) in [5.74, 6) is 0. The second-order valence-electron chi connectivity index (χ2n) is 5.78. The summed E-state index contributed by atoms with van der Waals surface area (Å²) in [6.07, 6.45) is 11.5. The minimum Gasteiger partial charge on any atom is -0.375 e. The summed E-state index contributed by atoms with van der Waals surface area (Å²) in [6.45, 7) is 17.9. The molecule has 2 heteroatoms. The fraction of sp³-hybridized carbons (Fsp3) is 0.789. The number of allylic oxidation sites excluding steroid dienone is 3. The van der Waals surface area contributed by atoms with E-state index < -0.39 is 0 Å². The van der Waals surface area contributed by atoms with Gasteiger partial charge in [0, 0.05) is 6.61 Å². The van der Waals surface area contributed by atoms with Crippen LogP contribution in [0, 0.1) is 5.41 Å². The summed E-state index contributed by atoms with van der Waals surface area (Å²) in [6, 6.07) is 0. The minimum atomic E-state index is 0.0520. The van der Waals surface area contributed by atoms with Crippen molar-refractivity contribution in [3.8, 4) is 0 Å². The highest BCUT2D eigenvalue weighted by atomic mass is 16.5. The molecule has 1 saturated heterocycles. The summed E-state index contributed by atoms with van der Waals surface area (Å²) >= 11 is 0. The molecule has 21 heavy (non-hydrogen) atoms. The van der Waals surface area contributed by atoms with Gasteiger partial charge in [-0.15, -0.1) is 6.58 Å². The molecule has 0 spiro atoms. The number of hydrogen-bond acceptors (Lipinski definition) is 2. The second-order valence-corrected chi connectivity index (χ2v) is 5.78. The van der Waals surface area contributed by atoms with Crippen LogP contribution in [0.2, 0.25) is 0 Å². The van der Waals surface area contributed by atoms with Crippen molar-refractivity contribution in [3.63, 3.8) is 0 Å². The Balaban J connectivity index is 0. The van der Waals surface area contributed by atoms with Gasteiger partial charge in [0.2, 0.25) is 0 Å². The monoisotopic (exact) mass is 297 g/mol. The van der Waals surface area contributed by atoms with E-state index in [1.807, 2.05) is 45.9 Å². The molecule has 0 aliphatic carbocycles. The van der Waals surface area contributed by atoms with Crippen LogP contribution in [0.25, 0.3) is 0 Å². The lowest BCUT2D eigenvalue weighted by Crippen LogP contribution is -2.43. The van der Waals surface area contributed by atoms with Crippen LogP contribution in [-0.2, 0) is 4.74 Å². The zero-order valence-corrected chi connectivity index (χ0v) is 15.4. The van der Waals surface area contributed by atoms with Gasteiger partial charge in [0.05, 0.1) is 5.60 Å². The number of hydrogen-bond donors (Lipinski definition) is 1.